The van der Waals surface area contributed by atoms with E-state index >= 15 is 0 Å². The molecule has 1 aliphatic heterocycles. The van der Waals surface area contributed by atoms with Crippen molar-refractivity contribution < 1.29 is 19.2 Å². The number of benzene rings is 2. The van der Waals surface area contributed by atoms with Crippen LogP contribution in [0.3, 0.4) is 0 Å². The van der Waals surface area contributed by atoms with E-state index < -0.39 is 11.0 Å². The summed E-state index contributed by atoms with van der Waals surface area (Å²) < 4.78 is 11.3. The van der Waals surface area contributed by atoms with Crippen LogP contribution in [0.25, 0.3) is 0 Å². The summed E-state index contributed by atoms with van der Waals surface area (Å²) in [5.41, 5.74) is 1.24. The highest BCUT2D eigenvalue weighted by molar-refractivity contribution is 5.82. The second kappa shape index (κ2) is 7.97. The van der Waals surface area contributed by atoms with Crippen molar-refractivity contribution in [3.05, 3.63) is 69.8 Å². The van der Waals surface area contributed by atoms with Gasteiger partial charge in [0.2, 0.25) is 6.10 Å². The molecule has 0 aliphatic carbocycles. The first-order valence-corrected chi connectivity index (χ1v) is 8.39. The number of hydrogen-bond donors (Lipinski definition) is 0. The topological polar surface area (TPSA) is 81.9 Å². The molecule has 2 aromatic rings. The number of ether oxygens (including phenoxy) is 2. The second-order valence-electron chi connectivity index (χ2n) is 6.05. The number of aryl methyl sites for hydroxylation is 1. The lowest BCUT2D eigenvalue weighted by atomic mass is 10.1. The smallest absolute Gasteiger partial charge is 0.272 e. The van der Waals surface area contributed by atoms with E-state index in [1.165, 1.54) is 12.1 Å². The van der Waals surface area contributed by atoms with Crippen molar-refractivity contribution in [3.8, 4) is 5.75 Å². The van der Waals surface area contributed by atoms with Gasteiger partial charge in [-0.2, -0.15) is 0 Å². The Balaban J connectivity index is 1.87. The zero-order valence-corrected chi connectivity index (χ0v) is 14.5. The molecular formula is C19H20N2O5. The number of nitro groups is 1. The van der Waals surface area contributed by atoms with Crippen LogP contribution in [0.5, 0.6) is 5.75 Å². The highest BCUT2D eigenvalue weighted by Crippen LogP contribution is 2.28. The maximum atomic E-state index is 13.0. The molecule has 1 atom stereocenters. The number of nitrogens with zero attached hydrogens (tertiary/aromatic N) is 2. The zero-order chi connectivity index (χ0) is 18.5. The predicted molar refractivity (Wildman–Crippen MR) is 95.0 cm³/mol. The first-order chi connectivity index (χ1) is 12.6. The summed E-state index contributed by atoms with van der Waals surface area (Å²) in [6.45, 7) is 3.69. The molecule has 1 heterocycles. The molecule has 0 saturated carbocycles. The molecule has 1 aliphatic rings. The molecule has 0 bridgehead atoms. The monoisotopic (exact) mass is 356 g/mol. The van der Waals surface area contributed by atoms with Gasteiger partial charge in [0.05, 0.1) is 18.1 Å². The van der Waals surface area contributed by atoms with Crippen LogP contribution in [0, 0.1) is 17.0 Å². The van der Waals surface area contributed by atoms with Gasteiger partial charge in [-0.3, -0.25) is 14.9 Å². The van der Waals surface area contributed by atoms with Crippen LogP contribution >= 0.6 is 0 Å². The summed E-state index contributed by atoms with van der Waals surface area (Å²) in [6.07, 6.45) is -0.810. The summed E-state index contributed by atoms with van der Waals surface area (Å²) in [5, 5.41) is 11.0. The fourth-order valence-electron chi connectivity index (χ4n) is 2.88. The SMILES string of the molecule is Cc1cc(O[C@@H](C(=O)N2CCOCC2)c2ccccc2)ccc1[N+](=O)[O-]. The first-order valence-electron chi connectivity index (χ1n) is 8.39. The lowest BCUT2D eigenvalue weighted by molar-refractivity contribution is -0.385. The molecule has 7 heteroatoms. The number of carbonyl (C=O) groups is 1. The van der Waals surface area contributed by atoms with Gasteiger partial charge in [-0.1, -0.05) is 30.3 Å². The van der Waals surface area contributed by atoms with Crippen LogP contribution in [0.4, 0.5) is 5.69 Å². The Morgan fingerprint density at radius 1 is 1.19 bits per heavy atom. The second-order valence-corrected chi connectivity index (χ2v) is 6.05. The van der Waals surface area contributed by atoms with Crippen LogP contribution in [0.15, 0.2) is 48.5 Å². The Labute approximate surface area is 151 Å². The molecule has 0 unspecified atom stereocenters. The van der Waals surface area contributed by atoms with Gasteiger partial charge in [-0.15, -0.1) is 0 Å². The third kappa shape index (κ3) is 4.00. The minimum Gasteiger partial charge on any atom is -0.476 e. The number of nitro benzene ring substituents is 1. The van der Waals surface area contributed by atoms with Crippen molar-refractivity contribution in [2.45, 2.75) is 13.0 Å². The molecule has 3 rings (SSSR count). The van der Waals surface area contributed by atoms with E-state index in [1.54, 1.807) is 17.9 Å². The predicted octanol–water partition coefficient (Wildman–Crippen LogP) is 2.88. The Morgan fingerprint density at radius 3 is 2.50 bits per heavy atom. The van der Waals surface area contributed by atoms with E-state index in [0.717, 1.165) is 5.56 Å². The molecule has 26 heavy (non-hydrogen) atoms. The summed E-state index contributed by atoms with van der Waals surface area (Å²) in [5.74, 6) is 0.277. The average Bonchev–Trinajstić information content (AvgIpc) is 2.67. The van der Waals surface area contributed by atoms with Gasteiger partial charge in [0.1, 0.15) is 5.75 Å². The molecule has 0 radical (unpaired) electrons. The standard InChI is InChI=1S/C19H20N2O5/c1-14-13-16(7-8-17(14)21(23)24)26-18(15-5-3-2-4-6-15)19(22)20-9-11-25-12-10-20/h2-8,13,18H,9-12H2,1H3/t18-/m1/s1. The van der Waals surface area contributed by atoms with Crippen LogP contribution in [0.2, 0.25) is 0 Å². The minimum atomic E-state index is -0.810. The molecule has 0 spiro atoms. The van der Waals surface area contributed by atoms with Gasteiger partial charge in [-0.05, 0) is 19.1 Å². The fraction of sp³-hybridized carbons (Fsp3) is 0.316. The van der Waals surface area contributed by atoms with Crippen molar-refractivity contribution in [3.63, 3.8) is 0 Å². The highest BCUT2D eigenvalue weighted by Gasteiger charge is 2.29. The Hall–Kier alpha value is -2.93. The van der Waals surface area contributed by atoms with Crippen LogP contribution in [-0.4, -0.2) is 42.0 Å². The summed E-state index contributed by atoms with van der Waals surface area (Å²) >= 11 is 0. The van der Waals surface area contributed by atoms with Gasteiger partial charge < -0.3 is 14.4 Å². The number of amides is 1. The fourth-order valence-corrected chi connectivity index (χ4v) is 2.88. The summed E-state index contributed by atoms with van der Waals surface area (Å²) in [6, 6.07) is 13.7. The zero-order valence-electron chi connectivity index (χ0n) is 14.5. The van der Waals surface area contributed by atoms with Gasteiger partial charge in [0.15, 0.2) is 0 Å². The van der Waals surface area contributed by atoms with Crippen molar-refractivity contribution in [1.29, 1.82) is 0 Å². The molecule has 136 valence electrons. The number of carbonyl (C=O) groups excluding carboxylic acids is 1. The minimum absolute atomic E-state index is 0.0214. The largest absolute Gasteiger partial charge is 0.476 e. The molecule has 1 fully saturated rings. The lowest BCUT2D eigenvalue weighted by Crippen LogP contribution is -2.44. The van der Waals surface area contributed by atoms with Gasteiger partial charge in [0, 0.05) is 30.3 Å². The third-order valence-corrected chi connectivity index (χ3v) is 4.27. The van der Waals surface area contributed by atoms with Crippen LogP contribution < -0.4 is 4.74 Å². The molecule has 0 N–H and O–H groups in total. The Kier molecular flexibility index (Phi) is 5.48. The van der Waals surface area contributed by atoms with E-state index in [0.29, 0.717) is 37.6 Å². The van der Waals surface area contributed by atoms with Crippen LogP contribution in [0.1, 0.15) is 17.2 Å². The molecule has 1 amide bonds. The van der Waals surface area contributed by atoms with E-state index in [2.05, 4.69) is 0 Å². The van der Waals surface area contributed by atoms with E-state index in [9.17, 15) is 14.9 Å². The molecule has 7 nitrogen and oxygen atoms in total. The van der Waals surface area contributed by atoms with Crippen LogP contribution in [-0.2, 0) is 9.53 Å². The number of rotatable bonds is 5. The van der Waals surface area contributed by atoms with Crippen molar-refractivity contribution >= 4 is 11.6 Å². The quantitative estimate of drug-likeness (QED) is 0.608. The maximum Gasteiger partial charge on any atom is 0.272 e. The summed E-state index contributed by atoms with van der Waals surface area (Å²) in [7, 11) is 0. The average molecular weight is 356 g/mol. The number of morpholine rings is 1. The molecule has 1 saturated heterocycles. The van der Waals surface area contributed by atoms with Gasteiger partial charge >= 0.3 is 0 Å². The number of hydrogen-bond acceptors (Lipinski definition) is 5. The van der Waals surface area contributed by atoms with Crippen molar-refractivity contribution in [2.24, 2.45) is 0 Å². The Morgan fingerprint density at radius 2 is 1.88 bits per heavy atom. The first kappa shape index (κ1) is 17.9. The lowest BCUT2D eigenvalue weighted by Gasteiger charge is -2.30. The normalized spacial score (nSPS) is 15.3. The van der Waals surface area contributed by atoms with Crippen molar-refractivity contribution in [2.75, 3.05) is 26.3 Å². The molecule has 0 aromatic heterocycles. The summed E-state index contributed by atoms with van der Waals surface area (Å²) in [4.78, 5) is 25.3. The van der Waals surface area contributed by atoms with Gasteiger partial charge in [0.25, 0.3) is 11.6 Å². The van der Waals surface area contributed by atoms with Gasteiger partial charge in [-0.25, -0.2) is 0 Å². The highest BCUT2D eigenvalue weighted by atomic mass is 16.6. The Bertz CT molecular complexity index is 788. The molecule has 2 aromatic carbocycles. The van der Waals surface area contributed by atoms with E-state index in [4.69, 9.17) is 9.47 Å². The maximum absolute atomic E-state index is 13.0. The molecular weight excluding hydrogens is 336 g/mol. The van der Waals surface area contributed by atoms with E-state index in [-0.39, 0.29) is 11.6 Å². The third-order valence-electron chi connectivity index (χ3n) is 4.27. The van der Waals surface area contributed by atoms with Crippen molar-refractivity contribution in [1.82, 2.24) is 4.90 Å². The van der Waals surface area contributed by atoms with E-state index in [1.807, 2.05) is 30.3 Å².